The van der Waals surface area contributed by atoms with Crippen LogP contribution >= 0.6 is 0 Å². The second-order valence-electron chi connectivity index (χ2n) is 3.84. The molecule has 2 aromatic heterocycles. The van der Waals surface area contributed by atoms with Crippen LogP contribution in [0.1, 0.15) is 16.1 Å². The average molecular weight is 258 g/mol. The zero-order chi connectivity index (χ0) is 13.7. The second kappa shape index (κ2) is 5.81. The molecule has 2 heterocycles. The Morgan fingerprint density at radius 3 is 3.00 bits per heavy atom. The predicted molar refractivity (Wildman–Crippen MR) is 70.6 cm³/mol. The molecule has 3 N–H and O–H groups in total. The van der Waals surface area contributed by atoms with Gasteiger partial charge in [0, 0.05) is 18.8 Å². The number of carbonyl (C=O) groups is 1. The van der Waals surface area contributed by atoms with Crippen LogP contribution in [0.3, 0.4) is 0 Å². The van der Waals surface area contributed by atoms with E-state index in [4.69, 9.17) is 10.5 Å². The maximum Gasteiger partial charge on any atom is 0.270 e. The fourth-order valence-electron chi connectivity index (χ4n) is 1.52. The smallest absolute Gasteiger partial charge is 0.270 e. The summed E-state index contributed by atoms with van der Waals surface area (Å²) >= 11 is 0. The van der Waals surface area contributed by atoms with Gasteiger partial charge >= 0.3 is 0 Å². The highest BCUT2D eigenvalue weighted by atomic mass is 16.5. The molecular weight excluding hydrogens is 244 g/mol. The Balaban J connectivity index is 2.00. The van der Waals surface area contributed by atoms with Gasteiger partial charge in [-0.3, -0.25) is 4.79 Å². The van der Waals surface area contributed by atoms with Gasteiger partial charge in [0.1, 0.15) is 11.5 Å². The molecule has 1 amide bonds. The zero-order valence-electron chi connectivity index (χ0n) is 10.5. The minimum Gasteiger partial charge on any atom is -0.481 e. The first-order valence-corrected chi connectivity index (χ1v) is 5.68. The molecule has 6 heteroatoms. The van der Waals surface area contributed by atoms with Crippen molar-refractivity contribution in [3.8, 4) is 5.88 Å². The normalized spacial score (nSPS) is 9.95. The number of amides is 1. The highest BCUT2D eigenvalue weighted by Crippen LogP contribution is 2.08. The topological polar surface area (TPSA) is 90.1 Å². The van der Waals surface area contributed by atoms with Crippen LogP contribution in [-0.2, 0) is 6.54 Å². The van der Waals surface area contributed by atoms with Crippen molar-refractivity contribution in [3.05, 3.63) is 47.8 Å². The molecule has 0 atom stereocenters. The van der Waals surface area contributed by atoms with E-state index in [2.05, 4.69) is 15.3 Å². The van der Waals surface area contributed by atoms with E-state index >= 15 is 0 Å². The quantitative estimate of drug-likeness (QED) is 0.853. The van der Waals surface area contributed by atoms with E-state index in [-0.39, 0.29) is 5.91 Å². The van der Waals surface area contributed by atoms with Gasteiger partial charge in [-0.1, -0.05) is 6.07 Å². The number of nitrogen functional groups attached to an aromatic ring is 1. The number of carbonyl (C=O) groups excluding carboxylic acids is 1. The van der Waals surface area contributed by atoms with E-state index < -0.39 is 0 Å². The molecule has 0 unspecified atom stereocenters. The van der Waals surface area contributed by atoms with Crippen LogP contribution < -0.4 is 15.8 Å². The third-order valence-corrected chi connectivity index (χ3v) is 2.46. The molecule has 0 aliphatic heterocycles. The van der Waals surface area contributed by atoms with Gasteiger partial charge in [-0.25, -0.2) is 9.97 Å². The minimum atomic E-state index is -0.275. The summed E-state index contributed by atoms with van der Waals surface area (Å²) in [5.41, 5.74) is 6.71. The number of hydrogen-bond donors (Lipinski definition) is 2. The number of methoxy groups -OCH3 is 1. The largest absolute Gasteiger partial charge is 0.481 e. The fourth-order valence-corrected chi connectivity index (χ4v) is 1.52. The Morgan fingerprint density at radius 1 is 1.42 bits per heavy atom. The fraction of sp³-hybridized carbons (Fsp3) is 0.154. The lowest BCUT2D eigenvalue weighted by molar-refractivity contribution is 0.0946. The summed E-state index contributed by atoms with van der Waals surface area (Å²) in [6.45, 7) is 0.369. The lowest BCUT2D eigenvalue weighted by Crippen LogP contribution is -2.24. The van der Waals surface area contributed by atoms with E-state index in [1.165, 1.54) is 0 Å². The average Bonchev–Trinajstić information content (AvgIpc) is 2.45. The van der Waals surface area contributed by atoms with Crippen molar-refractivity contribution in [1.29, 1.82) is 0 Å². The molecule has 0 saturated heterocycles. The Bertz CT molecular complexity index is 586. The van der Waals surface area contributed by atoms with Crippen LogP contribution in [0.2, 0.25) is 0 Å². The number of nitrogens with two attached hydrogens (primary N) is 1. The Kier molecular flexibility index (Phi) is 3.92. The number of hydrogen-bond acceptors (Lipinski definition) is 5. The van der Waals surface area contributed by atoms with Crippen molar-refractivity contribution < 1.29 is 9.53 Å². The molecule has 98 valence electrons. The summed E-state index contributed by atoms with van der Waals surface area (Å²) in [6, 6.07) is 8.48. The lowest BCUT2D eigenvalue weighted by atomic mass is 10.2. The minimum absolute atomic E-state index is 0.275. The number of anilines is 1. The molecule has 0 spiro atoms. The van der Waals surface area contributed by atoms with Crippen molar-refractivity contribution in [1.82, 2.24) is 15.3 Å². The number of nitrogens with one attached hydrogen (secondary N) is 1. The number of aromatic nitrogens is 2. The van der Waals surface area contributed by atoms with E-state index in [0.717, 1.165) is 5.56 Å². The summed E-state index contributed by atoms with van der Waals surface area (Å²) < 4.78 is 5.01. The highest BCUT2D eigenvalue weighted by Gasteiger charge is 2.07. The van der Waals surface area contributed by atoms with Gasteiger partial charge in [-0.15, -0.1) is 0 Å². The van der Waals surface area contributed by atoms with E-state index in [1.54, 1.807) is 43.6 Å². The third-order valence-electron chi connectivity index (χ3n) is 2.46. The van der Waals surface area contributed by atoms with Gasteiger partial charge < -0.3 is 15.8 Å². The number of ether oxygens (including phenoxy) is 1. The van der Waals surface area contributed by atoms with Gasteiger partial charge in [0.15, 0.2) is 0 Å². The number of rotatable bonds is 4. The molecule has 0 aromatic carbocycles. The highest BCUT2D eigenvalue weighted by molar-refractivity contribution is 5.92. The molecular formula is C13H14N4O2. The van der Waals surface area contributed by atoms with Crippen molar-refractivity contribution >= 4 is 11.7 Å². The summed E-state index contributed by atoms with van der Waals surface area (Å²) in [5.74, 6) is 0.551. The summed E-state index contributed by atoms with van der Waals surface area (Å²) in [5, 5.41) is 2.75. The van der Waals surface area contributed by atoms with Gasteiger partial charge in [0.25, 0.3) is 5.91 Å². The second-order valence-corrected chi connectivity index (χ2v) is 3.84. The third kappa shape index (κ3) is 3.41. The first kappa shape index (κ1) is 12.8. The van der Waals surface area contributed by atoms with E-state index in [1.807, 2.05) is 0 Å². The van der Waals surface area contributed by atoms with Crippen LogP contribution in [0, 0.1) is 0 Å². The molecule has 19 heavy (non-hydrogen) atoms. The van der Waals surface area contributed by atoms with Crippen molar-refractivity contribution in [2.24, 2.45) is 0 Å². The Labute approximate surface area is 110 Å². The van der Waals surface area contributed by atoms with Crippen molar-refractivity contribution in [2.75, 3.05) is 12.8 Å². The Hall–Kier alpha value is -2.63. The molecule has 2 rings (SSSR count). The van der Waals surface area contributed by atoms with Gasteiger partial charge in [0.05, 0.1) is 7.11 Å². The van der Waals surface area contributed by atoms with Crippen LogP contribution in [-0.4, -0.2) is 23.0 Å². The maximum absolute atomic E-state index is 11.8. The molecule has 0 aliphatic rings. The molecule has 6 nitrogen and oxygen atoms in total. The Morgan fingerprint density at radius 2 is 2.26 bits per heavy atom. The monoisotopic (exact) mass is 258 g/mol. The number of nitrogens with zero attached hydrogens (tertiary/aromatic N) is 2. The van der Waals surface area contributed by atoms with Gasteiger partial charge in [0.2, 0.25) is 5.88 Å². The van der Waals surface area contributed by atoms with E-state index in [0.29, 0.717) is 23.9 Å². The summed E-state index contributed by atoms with van der Waals surface area (Å²) in [7, 11) is 1.54. The van der Waals surface area contributed by atoms with Crippen LogP contribution in [0.15, 0.2) is 36.5 Å². The summed E-state index contributed by atoms with van der Waals surface area (Å²) in [6.07, 6.45) is 1.62. The standard InChI is InChI=1S/C13H14N4O2/c1-19-12-7-9(5-6-15-12)8-16-13(18)10-3-2-4-11(14)17-10/h2-7H,8H2,1H3,(H2,14,17)(H,16,18). The SMILES string of the molecule is COc1cc(CNC(=O)c2cccc(N)n2)ccn1. The number of pyridine rings is 2. The van der Waals surface area contributed by atoms with E-state index in [9.17, 15) is 4.79 Å². The van der Waals surface area contributed by atoms with Crippen LogP contribution in [0.5, 0.6) is 5.88 Å². The molecule has 0 saturated carbocycles. The van der Waals surface area contributed by atoms with Crippen molar-refractivity contribution in [2.45, 2.75) is 6.54 Å². The molecule has 0 radical (unpaired) electrons. The first-order chi connectivity index (χ1) is 9.19. The summed E-state index contributed by atoms with van der Waals surface area (Å²) in [4.78, 5) is 19.8. The van der Waals surface area contributed by atoms with Crippen LogP contribution in [0.25, 0.3) is 0 Å². The van der Waals surface area contributed by atoms with Crippen molar-refractivity contribution in [3.63, 3.8) is 0 Å². The molecule has 0 bridgehead atoms. The zero-order valence-corrected chi connectivity index (χ0v) is 10.5. The first-order valence-electron chi connectivity index (χ1n) is 5.68. The maximum atomic E-state index is 11.8. The van der Waals surface area contributed by atoms with Gasteiger partial charge in [-0.2, -0.15) is 0 Å². The van der Waals surface area contributed by atoms with Gasteiger partial charge in [-0.05, 0) is 23.8 Å². The molecule has 0 fully saturated rings. The molecule has 2 aromatic rings. The molecule has 0 aliphatic carbocycles. The van der Waals surface area contributed by atoms with Crippen LogP contribution in [0.4, 0.5) is 5.82 Å². The lowest BCUT2D eigenvalue weighted by Gasteiger charge is -2.06. The predicted octanol–water partition coefficient (Wildman–Crippen LogP) is 0.997.